The number of rotatable bonds is 3. The normalized spacial score (nSPS) is 18.7. The Morgan fingerprint density at radius 3 is 2.57 bits per heavy atom. The van der Waals surface area contributed by atoms with Crippen LogP contribution in [-0.2, 0) is 4.74 Å². The summed E-state index contributed by atoms with van der Waals surface area (Å²) in [5.74, 6) is -1.77. The highest BCUT2D eigenvalue weighted by Gasteiger charge is 2.28. The number of amides is 1. The second-order valence-electron chi connectivity index (χ2n) is 6.80. The molecule has 1 amide bonds. The predicted octanol–water partition coefficient (Wildman–Crippen LogP) is 3.99. The lowest BCUT2D eigenvalue weighted by Crippen LogP contribution is -2.44. The van der Waals surface area contributed by atoms with E-state index in [0.717, 1.165) is 25.0 Å². The molecule has 128 valence electrons. The Hall–Kier alpha value is -1.85. The highest BCUT2D eigenvalue weighted by Crippen LogP contribution is 2.24. The van der Waals surface area contributed by atoms with Crippen LogP contribution in [0.5, 0.6) is 5.75 Å². The van der Waals surface area contributed by atoms with E-state index in [1.54, 1.807) is 4.90 Å². The summed E-state index contributed by atoms with van der Waals surface area (Å²) in [4.78, 5) is 13.7. The number of carbonyl (C=O) groups is 1. The molecule has 1 atom stereocenters. The summed E-state index contributed by atoms with van der Waals surface area (Å²) in [6, 6.07) is 3.61. The molecule has 0 unspecified atom stereocenters. The standard InChI is InChI=1S/C17H23F2NO3/c1-17(2,3)23-16(21)20-9-5-6-12(10-20)11-22-15-13(18)7-4-8-14(15)19/h4,7-8,12H,5-6,9-11H2,1-3H3/t12-/m0/s1. The van der Waals surface area contributed by atoms with E-state index in [2.05, 4.69) is 0 Å². The molecule has 0 N–H and O–H groups in total. The van der Waals surface area contributed by atoms with E-state index in [-0.39, 0.29) is 24.4 Å². The van der Waals surface area contributed by atoms with Crippen LogP contribution in [0.25, 0.3) is 0 Å². The Morgan fingerprint density at radius 1 is 1.30 bits per heavy atom. The highest BCUT2D eigenvalue weighted by atomic mass is 19.1. The molecule has 4 nitrogen and oxygen atoms in total. The van der Waals surface area contributed by atoms with Crippen LogP contribution < -0.4 is 4.74 Å². The van der Waals surface area contributed by atoms with E-state index in [0.29, 0.717) is 13.1 Å². The summed E-state index contributed by atoms with van der Waals surface area (Å²) in [6.45, 7) is 6.70. The summed E-state index contributed by atoms with van der Waals surface area (Å²) >= 11 is 0. The third-order valence-corrected chi connectivity index (χ3v) is 3.55. The van der Waals surface area contributed by atoms with Crippen molar-refractivity contribution in [2.75, 3.05) is 19.7 Å². The average Bonchev–Trinajstić information content (AvgIpc) is 2.45. The van der Waals surface area contributed by atoms with Gasteiger partial charge in [0.25, 0.3) is 0 Å². The number of para-hydroxylation sites is 1. The van der Waals surface area contributed by atoms with Crippen LogP contribution in [-0.4, -0.2) is 36.3 Å². The van der Waals surface area contributed by atoms with Gasteiger partial charge in [-0.15, -0.1) is 0 Å². The van der Waals surface area contributed by atoms with Gasteiger partial charge in [0.2, 0.25) is 0 Å². The molecule has 1 aliphatic heterocycles. The second kappa shape index (κ2) is 7.15. The second-order valence-corrected chi connectivity index (χ2v) is 6.80. The van der Waals surface area contributed by atoms with Crippen molar-refractivity contribution in [3.8, 4) is 5.75 Å². The number of likely N-dealkylation sites (tertiary alicyclic amines) is 1. The molecule has 0 aliphatic carbocycles. The van der Waals surface area contributed by atoms with Crippen LogP contribution >= 0.6 is 0 Å². The van der Waals surface area contributed by atoms with Crippen molar-refractivity contribution in [3.05, 3.63) is 29.8 Å². The highest BCUT2D eigenvalue weighted by molar-refractivity contribution is 5.68. The molecule has 23 heavy (non-hydrogen) atoms. The molecule has 0 radical (unpaired) electrons. The maximum atomic E-state index is 13.5. The number of hydrogen-bond donors (Lipinski definition) is 0. The zero-order chi connectivity index (χ0) is 17.0. The zero-order valence-electron chi connectivity index (χ0n) is 13.8. The maximum Gasteiger partial charge on any atom is 0.410 e. The summed E-state index contributed by atoms with van der Waals surface area (Å²) in [7, 11) is 0. The van der Waals surface area contributed by atoms with Gasteiger partial charge in [-0.2, -0.15) is 0 Å². The fourth-order valence-corrected chi connectivity index (χ4v) is 2.52. The molecule has 6 heteroatoms. The van der Waals surface area contributed by atoms with Crippen LogP contribution in [0.2, 0.25) is 0 Å². The Morgan fingerprint density at radius 2 is 1.96 bits per heavy atom. The minimum Gasteiger partial charge on any atom is -0.487 e. The largest absolute Gasteiger partial charge is 0.487 e. The van der Waals surface area contributed by atoms with Crippen molar-refractivity contribution in [1.29, 1.82) is 0 Å². The van der Waals surface area contributed by atoms with Gasteiger partial charge in [-0.3, -0.25) is 0 Å². The summed E-state index contributed by atoms with van der Waals surface area (Å²) in [6.07, 6.45) is 1.29. The molecule has 1 aromatic carbocycles. The molecule has 1 fully saturated rings. The van der Waals surface area contributed by atoms with Gasteiger partial charge in [0, 0.05) is 19.0 Å². The monoisotopic (exact) mass is 327 g/mol. The van der Waals surface area contributed by atoms with Crippen LogP contribution in [0.3, 0.4) is 0 Å². The van der Waals surface area contributed by atoms with Gasteiger partial charge < -0.3 is 14.4 Å². The molecule has 1 aliphatic rings. The first kappa shape index (κ1) is 17.5. The van der Waals surface area contributed by atoms with Crippen molar-refractivity contribution in [2.45, 2.75) is 39.2 Å². The van der Waals surface area contributed by atoms with Crippen molar-refractivity contribution in [1.82, 2.24) is 4.90 Å². The zero-order valence-corrected chi connectivity index (χ0v) is 13.8. The molecule has 0 bridgehead atoms. The molecule has 1 heterocycles. The first-order valence-electron chi connectivity index (χ1n) is 7.81. The van der Waals surface area contributed by atoms with Gasteiger partial charge in [0.1, 0.15) is 5.60 Å². The summed E-state index contributed by atoms with van der Waals surface area (Å²) in [5.41, 5.74) is -0.545. The van der Waals surface area contributed by atoms with Gasteiger partial charge in [-0.1, -0.05) is 6.07 Å². The lowest BCUT2D eigenvalue weighted by Gasteiger charge is -2.34. The first-order chi connectivity index (χ1) is 10.8. The van der Waals surface area contributed by atoms with Crippen LogP contribution in [0, 0.1) is 17.6 Å². The lowest BCUT2D eigenvalue weighted by molar-refractivity contribution is 0.0137. The molecule has 2 rings (SSSR count). The third kappa shape index (κ3) is 5.08. The third-order valence-electron chi connectivity index (χ3n) is 3.55. The molecule has 1 saturated heterocycles. The fourth-order valence-electron chi connectivity index (χ4n) is 2.52. The molecule has 0 spiro atoms. The number of halogens is 2. The minimum atomic E-state index is -0.718. The van der Waals surface area contributed by atoms with E-state index in [1.807, 2.05) is 20.8 Å². The Bertz CT molecular complexity index is 537. The van der Waals surface area contributed by atoms with E-state index in [1.165, 1.54) is 6.07 Å². The van der Waals surface area contributed by atoms with Crippen molar-refractivity contribution in [3.63, 3.8) is 0 Å². The van der Waals surface area contributed by atoms with Gasteiger partial charge in [-0.25, -0.2) is 13.6 Å². The Kier molecular flexibility index (Phi) is 5.44. The van der Waals surface area contributed by atoms with Crippen molar-refractivity contribution in [2.24, 2.45) is 5.92 Å². The smallest absolute Gasteiger partial charge is 0.410 e. The van der Waals surface area contributed by atoms with Crippen LogP contribution in [0.15, 0.2) is 18.2 Å². The van der Waals surface area contributed by atoms with Gasteiger partial charge in [0.15, 0.2) is 17.4 Å². The van der Waals surface area contributed by atoms with Crippen molar-refractivity contribution < 1.29 is 23.0 Å². The van der Waals surface area contributed by atoms with Gasteiger partial charge in [0.05, 0.1) is 6.61 Å². The van der Waals surface area contributed by atoms with Crippen LogP contribution in [0.4, 0.5) is 13.6 Å². The number of ether oxygens (including phenoxy) is 2. The quantitative estimate of drug-likeness (QED) is 0.842. The van der Waals surface area contributed by atoms with Gasteiger partial charge in [-0.05, 0) is 45.7 Å². The molecular weight excluding hydrogens is 304 g/mol. The van der Waals surface area contributed by atoms with E-state index in [4.69, 9.17) is 9.47 Å². The first-order valence-corrected chi connectivity index (χ1v) is 7.81. The summed E-state index contributed by atoms with van der Waals surface area (Å²) in [5, 5.41) is 0. The number of nitrogens with zero attached hydrogens (tertiary/aromatic N) is 1. The van der Waals surface area contributed by atoms with Crippen molar-refractivity contribution >= 4 is 6.09 Å². The van der Waals surface area contributed by atoms with E-state index >= 15 is 0 Å². The Balaban J connectivity index is 1.90. The topological polar surface area (TPSA) is 38.8 Å². The predicted molar refractivity (Wildman–Crippen MR) is 82.4 cm³/mol. The number of benzene rings is 1. The minimum absolute atomic E-state index is 0.0234. The van der Waals surface area contributed by atoms with Crippen LogP contribution in [0.1, 0.15) is 33.6 Å². The molecular formula is C17H23F2NO3. The number of hydrogen-bond acceptors (Lipinski definition) is 3. The maximum absolute atomic E-state index is 13.5. The average molecular weight is 327 g/mol. The molecule has 1 aromatic rings. The lowest BCUT2D eigenvalue weighted by atomic mass is 9.99. The fraction of sp³-hybridized carbons (Fsp3) is 0.588. The SMILES string of the molecule is CC(C)(C)OC(=O)N1CCC[C@H](COc2c(F)cccc2F)C1. The number of piperidine rings is 1. The molecule has 0 aromatic heterocycles. The Labute approximate surface area is 135 Å². The van der Waals surface area contributed by atoms with E-state index in [9.17, 15) is 13.6 Å². The van der Waals surface area contributed by atoms with E-state index < -0.39 is 17.2 Å². The number of carbonyl (C=O) groups excluding carboxylic acids is 1. The van der Waals surface area contributed by atoms with Gasteiger partial charge >= 0.3 is 6.09 Å². The molecule has 0 saturated carbocycles. The summed E-state index contributed by atoms with van der Waals surface area (Å²) < 4.78 is 37.8.